The summed E-state index contributed by atoms with van der Waals surface area (Å²) in [6, 6.07) is 14.6. The SMILES string of the molecule is CS(=O)(=O)c1ccc(-c2ccc(C(=O)NCC[C@H]3CCCN3)cc2)cc1. The maximum absolute atomic E-state index is 12.2. The van der Waals surface area contributed by atoms with E-state index in [1.807, 2.05) is 12.1 Å². The van der Waals surface area contributed by atoms with Crippen molar-refractivity contribution in [1.29, 1.82) is 0 Å². The van der Waals surface area contributed by atoms with Gasteiger partial charge in [-0.3, -0.25) is 4.79 Å². The first-order valence-corrected chi connectivity index (χ1v) is 10.7. The van der Waals surface area contributed by atoms with Gasteiger partial charge in [0.1, 0.15) is 0 Å². The standard InChI is InChI=1S/C20H24N2O3S/c1-26(24,25)19-10-8-16(9-11-19)15-4-6-17(7-5-15)20(23)22-14-12-18-3-2-13-21-18/h4-11,18,21H,2-3,12-14H2,1H3,(H,22,23)/t18-/m1/s1. The Bertz CT molecular complexity index is 853. The van der Waals surface area contributed by atoms with Gasteiger partial charge in [0.2, 0.25) is 0 Å². The highest BCUT2D eigenvalue weighted by atomic mass is 32.2. The zero-order chi connectivity index (χ0) is 18.6. The molecule has 2 aromatic rings. The van der Waals surface area contributed by atoms with Gasteiger partial charge >= 0.3 is 0 Å². The minimum atomic E-state index is -3.19. The monoisotopic (exact) mass is 372 g/mol. The molecular weight excluding hydrogens is 348 g/mol. The summed E-state index contributed by atoms with van der Waals surface area (Å²) in [5.74, 6) is -0.0676. The number of hydrogen-bond acceptors (Lipinski definition) is 4. The van der Waals surface area contributed by atoms with E-state index in [4.69, 9.17) is 0 Å². The maximum Gasteiger partial charge on any atom is 0.251 e. The van der Waals surface area contributed by atoms with Gasteiger partial charge in [0.05, 0.1) is 4.90 Å². The van der Waals surface area contributed by atoms with E-state index in [-0.39, 0.29) is 5.91 Å². The Morgan fingerprint density at radius 3 is 2.23 bits per heavy atom. The third-order valence-electron chi connectivity index (χ3n) is 4.70. The Morgan fingerprint density at radius 2 is 1.69 bits per heavy atom. The van der Waals surface area contributed by atoms with Gasteiger partial charge in [0, 0.05) is 24.4 Å². The highest BCUT2D eigenvalue weighted by molar-refractivity contribution is 7.90. The van der Waals surface area contributed by atoms with Crippen molar-refractivity contribution in [3.8, 4) is 11.1 Å². The lowest BCUT2D eigenvalue weighted by atomic mass is 10.0. The minimum absolute atomic E-state index is 0.0676. The Morgan fingerprint density at radius 1 is 1.08 bits per heavy atom. The number of benzene rings is 2. The van der Waals surface area contributed by atoms with Gasteiger partial charge in [-0.25, -0.2) is 8.42 Å². The largest absolute Gasteiger partial charge is 0.352 e. The van der Waals surface area contributed by atoms with Crippen molar-refractivity contribution < 1.29 is 13.2 Å². The number of nitrogens with one attached hydrogen (secondary N) is 2. The fourth-order valence-electron chi connectivity index (χ4n) is 3.17. The van der Waals surface area contributed by atoms with Gasteiger partial charge in [0.25, 0.3) is 5.91 Å². The van der Waals surface area contributed by atoms with Crippen LogP contribution in [0.2, 0.25) is 0 Å². The maximum atomic E-state index is 12.2. The van der Waals surface area contributed by atoms with Gasteiger partial charge in [0.15, 0.2) is 9.84 Å². The molecule has 2 aromatic carbocycles. The average Bonchev–Trinajstić information content (AvgIpc) is 3.15. The molecule has 1 fully saturated rings. The van der Waals surface area contributed by atoms with E-state index >= 15 is 0 Å². The molecule has 5 nitrogen and oxygen atoms in total. The highest BCUT2D eigenvalue weighted by Gasteiger charge is 2.14. The van der Waals surface area contributed by atoms with Gasteiger partial charge in [-0.2, -0.15) is 0 Å². The normalized spacial score (nSPS) is 17.2. The number of carbonyl (C=O) groups is 1. The van der Waals surface area contributed by atoms with Crippen molar-refractivity contribution in [2.75, 3.05) is 19.3 Å². The molecule has 1 amide bonds. The Balaban J connectivity index is 1.59. The lowest BCUT2D eigenvalue weighted by Crippen LogP contribution is -2.30. The van der Waals surface area contributed by atoms with E-state index in [1.165, 1.54) is 19.1 Å². The van der Waals surface area contributed by atoms with Gasteiger partial charge < -0.3 is 10.6 Å². The van der Waals surface area contributed by atoms with E-state index in [0.717, 1.165) is 24.1 Å². The highest BCUT2D eigenvalue weighted by Crippen LogP contribution is 2.22. The quantitative estimate of drug-likeness (QED) is 0.817. The van der Waals surface area contributed by atoms with E-state index in [0.29, 0.717) is 23.0 Å². The lowest BCUT2D eigenvalue weighted by Gasteiger charge is -2.11. The molecule has 1 aliphatic heterocycles. The predicted molar refractivity (Wildman–Crippen MR) is 103 cm³/mol. The smallest absolute Gasteiger partial charge is 0.251 e. The van der Waals surface area contributed by atoms with Crippen LogP contribution in [0, 0.1) is 0 Å². The molecule has 6 heteroatoms. The van der Waals surface area contributed by atoms with Crippen LogP contribution in [0.15, 0.2) is 53.4 Å². The Hall–Kier alpha value is -2.18. The third-order valence-corrected chi connectivity index (χ3v) is 5.83. The third kappa shape index (κ3) is 4.71. The van der Waals surface area contributed by atoms with Gasteiger partial charge in [-0.05, 0) is 61.2 Å². The summed E-state index contributed by atoms with van der Waals surface area (Å²) in [4.78, 5) is 12.5. The van der Waals surface area contributed by atoms with Crippen molar-refractivity contribution in [2.24, 2.45) is 0 Å². The minimum Gasteiger partial charge on any atom is -0.352 e. The van der Waals surface area contributed by atoms with E-state index in [9.17, 15) is 13.2 Å². The van der Waals surface area contributed by atoms with Crippen LogP contribution in [0.1, 0.15) is 29.6 Å². The van der Waals surface area contributed by atoms with E-state index in [2.05, 4.69) is 10.6 Å². The van der Waals surface area contributed by atoms with E-state index in [1.54, 1.807) is 36.4 Å². The molecule has 0 radical (unpaired) electrons. The molecule has 26 heavy (non-hydrogen) atoms. The van der Waals surface area contributed by atoms with Crippen LogP contribution in [0.25, 0.3) is 11.1 Å². The average molecular weight is 372 g/mol. The molecule has 138 valence electrons. The van der Waals surface area contributed by atoms with Crippen molar-refractivity contribution in [3.63, 3.8) is 0 Å². The summed E-state index contributed by atoms with van der Waals surface area (Å²) in [6.45, 7) is 1.75. The van der Waals surface area contributed by atoms with Crippen molar-refractivity contribution in [2.45, 2.75) is 30.2 Å². The molecule has 1 heterocycles. The summed E-state index contributed by atoms with van der Waals surface area (Å²) in [5.41, 5.74) is 2.48. The van der Waals surface area contributed by atoms with Gasteiger partial charge in [-0.1, -0.05) is 24.3 Å². The number of sulfone groups is 1. The fraction of sp³-hybridized carbons (Fsp3) is 0.350. The number of amides is 1. The molecule has 1 atom stereocenters. The number of rotatable bonds is 6. The molecule has 3 rings (SSSR count). The first-order valence-electron chi connectivity index (χ1n) is 8.85. The van der Waals surface area contributed by atoms with Crippen LogP contribution in [-0.4, -0.2) is 39.7 Å². The topological polar surface area (TPSA) is 75.3 Å². The van der Waals surface area contributed by atoms with Crippen molar-refractivity contribution in [3.05, 3.63) is 54.1 Å². The van der Waals surface area contributed by atoms with Crippen LogP contribution in [0.4, 0.5) is 0 Å². The molecular formula is C20H24N2O3S. The summed E-state index contributed by atoms with van der Waals surface area (Å²) >= 11 is 0. The number of carbonyl (C=O) groups excluding carboxylic acids is 1. The van der Waals surface area contributed by atoms with Crippen LogP contribution in [-0.2, 0) is 9.84 Å². The summed E-state index contributed by atoms with van der Waals surface area (Å²) in [6.07, 6.45) is 4.54. The van der Waals surface area contributed by atoms with Crippen LogP contribution in [0.3, 0.4) is 0 Å². The van der Waals surface area contributed by atoms with Crippen LogP contribution < -0.4 is 10.6 Å². The molecule has 1 saturated heterocycles. The summed E-state index contributed by atoms with van der Waals surface area (Å²) < 4.78 is 23.0. The fourth-order valence-corrected chi connectivity index (χ4v) is 3.80. The Kier molecular flexibility index (Phi) is 5.74. The van der Waals surface area contributed by atoms with E-state index < -0.39 is 9.84 Å². The molecule has 1 aliphatic rings. The number of hydrogen-bond donors (Lipinski definition) is 2. The van der Waals surface area contributed by atoms with Gasteiger partial charge in [-0.15, -0.1) is 0 Å². The zero-order valence-corrected chi connectivity index (χ0v) is 15.7. The first-order chi connectivity index (χ1) is 12.4. The molecule has 0 bridgehead atoms. The molecule has 0 aliphatic carbocycles. The second kappa shape index (κ2) is 8.01. The molecule has 2 N–H and O–H groups in total. The Labute approximate surface area is 154 Å². The van der Waals surface area contributed by atoms with Crippen molar-refractivity contribution >= 4 is 15.7 Å². The first kappa shape index (κ1) is 18.6. The molecule has 0 unspecified atom stereocenters. The second-order valence-electron chi connectivity index (χ2n) is 6.71. The molecule has 0 spiro atoms. The van der Waals surface area contributed by atoms with Crippen molar-refractivity contribution in [1.82, 2.24) is 10.6 Å². The predicted octanol–water partition coefficient (Wildman–Crippen LogP) is 2.63. The molecule has 0 saturated carbocycles. The zero-order valence-electron chi connectivity index (χ0n) is 14.9. The van der Waals surface area contributed by atoms with Crippen LogP contribution in [0.5, 0.6) is 0 Å². The summed E-state index contributed by atoms with van der Waals surface area (Å²) in [5, 5.41) is 6.38. The summed E-state index contributed by atoms with van der Waals surface area (Å²) in [7, 11) is -3.19. The molecule has 0 aromatic heterocycles. The lowest BCUT2D eigenvalue weighted by molar-refractivity contribution is 0.0952. The van der Waals surface area contributed by atoms with Crippen LogP contribution >= 0.6 is 0 Å². The second-order valence-corrected chi connectivity index (χ2v) is 8.73.